The van der Waals surface area contributed by atoms with Crippen molar-refractivity contribution in [2.45, 2.75) is 19.4 Å². The molecule has 0 unspecified atom stereocenters. The zero-order valence-electron chi connectivity index (χ0n) is 9.20. The zero-order valence-corrected chi connectivity index (χ0v) is 11.6. The Balaban J connectivity index is 2.35. The Morgan fingerprint density at radius 2 is 1.88 bits per heavy atom. The third-order valence-electron chi connectivity index (χ3n) is 2.23. The molecule has 0 fully saturated rings. The van der Waals surface area contributed by atoms with E-state index in [1.54, 1.807) is 11.3 Å². The van der Waals surface area contributed by atoms with Crippen LogP contribution in [0.25, 0.3) is 10.6 Å². The van der Waals surface area contributed by atoms with Gasteiger partial charge in [0.2, 0.25) is 0 Å². The standard InChI is InChI=1S/C12H13BrN2S/c1-12(2,14)10-7-15-11(16-10)8-3-5-9(13)6-4-8/h3-7H,14H2,1-2H3. The van der Waals surface area contributed by atoms with E-state index in [1.807, 2.05) is 32.2 Å². The molecule has 0 saturated heterocycles. The first-order valence-electron chi connectivity index (χ1n) is 4.98. The number of hydrogen-bond acceptors (Lipinski definition) is 3. The van der Waals surface area contributed by atoms with Gasteiger partial charge in [0.05, 0.1) is 0 Å². The van der Waals surface area contributed by atoms with Crippen LogP contribution in [0.15, 0.2) is 34.9 Å². The SMILES string of the molecule is CC(C)(N)c1cnc(-c2ccc(Br)cc2)s1. The highest BCUT2D eigenvalue weighted by Crippen LogP contribution is 2.30. The van der Waals surface area contributed by atoms with Crippen molar-refractivity contribution < 1.29 is 0 Å². The van der Waals surface area contributed by atoms with Crippen LogP contribution < -0.4 is 5.73 Å². The summed E-state index contributed by atoms with van der Waals surface area (Å²) in [6, 6.07) is 8.14. The second kappa shape index (κ2) is 4.28. The molecule has 0 atom stereocenters. The average Bonchev–Trinajstić information content (AvgIpc) is 2.67. The minimum atomic E-state index is -0.314. The van der Waals surface area contributed by atoms with Gasteiger partial charge >= 0.3 is 0 Å². The summed E-state index contributed by atoms with van der Waals surface area (Å²) >= 11 is 5.07. The lowest BCUT2D eigenvalue weighted by atomic mass is 10.1. The van der Waals surface area contributed by atoms with Crippen LogP contribution in [0.1, 0.15) is 18.7 Å². The lowest BCUT2D eigenvalue weighted by molar-refractivity contribution is 0.566. The first-order valence-corrected chi connectivity index (χ1v) is 6.59. The molecule has 84 valence electrons. The van der Waals surface area contributed by atoms with Gasteiger partial charge in [-0.3, -0.25) is 0 Å². The van der Waals surface area contributed by atoms with E-state index in [2.05, 4.69) is 33.0 Å². The molecule has 0 aliphatic rings. The first kappa shape index (κ1) is 11.8. The number of rotatable bonds is 2. The molecule has 0 saturated carbocycles. The summed E-state index contributed by atoms with van der Waals surface area (Å²) in [5, 5.41) is 1.01. The predicted octanol–water partition coefficient (Wildman–Crippen LogP) is 3.77. The predicted molar refractivity (Wildman–Crippen MR) is 72.5 cm³/mol. The topological polar surface area (TPSA) is 38.9 Å². The summed E-state index contributed by atoms with van der Waals surface area (Å²) < 4.78 is 1.08. The lowest BCUT2D eigenvalue weighted by Crippen LogP contribution is -2.27. The molecule has 1 aromatic carbocycles. The molecule has 0 spiro atoms. The van der Waals surface area contributed by atoms with Crippen molar-refractivity contribution in [2.24, 2.45) is 5.73 Å². The van der Waals surface area contributed by atoms with Crippen molar-refractivity contribution in [1.82, 2.24) is 4.98 Å². The van der Waals surface area contributed by atoms with Gasteiger partial charge in [0.15, 0.2) is 0 Å². The van der Waals surface area contributed by atoms with Crippen LogP contribution >= 0.6 is 27.3 Å². The largest absolute Gasteiger partial charge is 0.321 e. The molecular formula is C12H13BrN2S. The van der Waals surface area contributed by atoms with Gasteiger partial charge in [-0.05, 0) is 26.0 Å². The van der Waals surface area contributed by atoms with Crippen LogP contribution in [0.5, 0.6) is 0 Å². The van der Waals surface area contributed by atoms with Crippen LogP contribution in [0, 0.1) is 0 Å². The lowest BCUT2D eigenvalue weighted by Gasteiger charge is -2.14. The molecule has 2 aromatic rings. The minimum absolute atomic E-state index is 0.314. The molecule has 4 heteroatoms. The second-order valence-electron chi connectivity index (χ2n) is 4.26. The van der Waals surface area contributed by atoms with Crippen LogP contribution in [0.4, 0.5) is 0 Å². The quantitative estimate of drug-likeness (QED) is 0.916. The monoisotopic (exact) mass is 296 g/mol. The van der Waals surface area contributed by atoms with Gasteiger partial charge in [-0.15, -0.1) is 11.3 Å². The molecule has 0 aliphatic carbocycles. The Labute approximate surface area is 108 Å². The Bertz CT molecular complexity index is 482. The fourth-order valence-electron chi connectivity index (χ4n) is 1.30. The second-order valence-corrected chi connectivity index (χ2v) is 6.20. The maximum absolute atomic E-state index is 6.04. The Kier molecular flexibility index (Phi) is 3.15. The van der Waals surface area contributed by atoms with E-state index in [1.165, 1.54) is 0 Å². The molecular weight excluding hydrogens is 284 g/mol. The van der Waals surface area contributed by atoms with Crippen LogP contribution in [-0.2, 0) is 5.54 Å². The van der Waals surface area contributed by atoms with E-state index in [4.69, 9.17) is 5.73 Å². The van der Waals surface area contributed by atoms with Crippen molar-refractivity contribution in [3.63, 3.8) is 0 Å². The van der Waals surface area contributed by atoms with Gasteiger partial charge in [0, 0.05) is 26.6 Å². The average molecular weight is 297 g/mol. The highest BCUT2D eigenvalue weighted by molar-refractivity contribution is 9.10. The number of hydrogen-bond donors (Lipinski definition) is 1. The normalized spacial score (nSPS) is 11.8. The third-order valence-corrected chi connectivity index (χ3v) is 4.15. The van der Waals surface area contributed by atoms with Gasteiger partial charge < -0.3 is 5.73 Å². The number of nitrogens with two attached hydrogens (primary N) is 1. The Morgan fingerprint density at radius 3 is 2.38 bits per heavy atom. The zero-order chi connectivity index (χ0) is 11.8. The van der Waals surface area contributed by atoms with E-state index >= 15 is 0 Å². The Hall–Kier alpha value is -0.710. The maximum Gasteiger partial charge on any atom is 0.123 e. The molecule has 2 rings (SSSR count). The van der Waals surface area contributed by atoms with Crippen molar-refractivity contribution in [3.05, 3.63) is 39.8 Å². The summed E-state index contributed by atoms with van der Waals surface area (Å²) in [5.41, 5.74) is 6.85. The number of thiazole rings is 1. The molecule has 0 radical (unpaired) electrons. The van der Waals surface area contributed by atoms with Gasteiger partial charge in [-0.1, -0.05) is 28.1 Å². The summed E-state index contributed by atoms with van der Waals surface area (Å²) in [4.78, 5) is 5.51. The van der Waals surface area contributed by atoms with Crippen LogP contribution in [0.2, 0.25) is 0 Å². The maximum atomic E-state index is 6.04. The van der Waals surface area contributed by atoms with Gasteiger partial charge in [-0.2, -0.15) is 0 Å². The van der Waals surface area contributed by atoms with E-state index in [0.29, 0.717) is 0 Å². The molecule has 2 N–H and O–H groups in total. The van der Waals surface area contributed by atoms with Crippen LogP contribution in [-0.4, -0.2) is 4.98 Å². The third kappa shape index (κ3) is 2.51. The van der Waals surface area contributed by atoms with E-state index < -0.39 is 0 Å². The molecule has 0 amide bonds. The summed E-state index contributed by atoms with van der Waals surface area (Å²) in [6.07, 6.45) is 1.86. The fourth-order valence-corrected chi connectivity index (χ4v) is 2.50. The van der Waals surface area contributed by atoms with E-state index in [-0.39, 0.29) is 5.54 Å². The molecule has 16 heavy (non-hydrogen) atoms. The fraction of sp³-hybridized carbons (Fsp3) is 0.250. The highest BCUT2D eigenvalue weighted by atomic mass is 79.9. The number of benzene rings is 1. The first-order chi connectivity index (χ1) is 7.47. The van der Waals surface area contributed by atoms with Crippen molar-refractivity contribution in [2.75, 3.05) is 0 Å². The molecule has 2 nitrogen and oxygen atoms in total. The smallest absolute Gasteiger partial charge is 0.123 e. The van der Waals surface area contributed by atoms with Crippen molar-refractivity contribution in [1.29, 1.82) is 0 Å². The number of nitrogens with zero attached hydrogens (tertiary/aromatic N) is 1. The highest BCUT2D eigenvalue weighted by Gasteiger charge is 2.17. The van der Waals surface area contributed by atoms with Crippen LogP contribution in [0.3, 0.4) is 0 Å². The van der Waals surface area contributed by atoms with E-state index in [0.717, 1.165) is 19.9 Å². The minimum Gasteiger partial charge on any atom is -0.321 e. The van der Waals surface area contributed by atoms with Crippen molar-refractivity contribution >= 4 is 27.3 Å². The molecule has 0 aliphatic heterocycles. The number of aromatic nitrogens is 1. The number of halogens is 1. The molecule has 0 bridgehead atoms. The summed E-state index contributed by atoms with van der Waals surface area (Å²) in [5.74, 6) is 0. The van der Waals surface area contributed by atoms with Gasteiger partial charge in [-0.25, -0.2) is 4.98 Å². The van der Waals surface area contributed by atoms with Crippen molar-refractivity contribution in [3.8, 4) is 10.6 Å². The summed E-state index contributed by atoms with van der Waals surface area (Å²) in [7, 11) is 0. The molecule has 1 aromatic heterocycles. The Morgan fingerprint density at radius 1 is 1.25 bits per heavy atom. The van der Waals surface area contributed by atoms with E-state index in [9.17, 15) is 0 Å². The van der Waals surface area contributed by atoms with Gasteiger partial charge in [0.1, 0.15) is 5.01 Å². The van der Waals surface area contributed by atoms with Gasteiger partial charge in [0.25, 0.3) is 0 Å². The summed E-state index contributed by atoms with van der Waals surface area (Å²) in [6.45, 7) is 3.98. The molecule has 1 heterocycles.